The smallest absolute Gasteiger partial charge is 0.220 e. The van der Waals surface area contributed by atoms with Crippen LogP contribution in [0.15, 0.2) is 47.8 Å². The van der Waals surface area contributed by atoms with E-state index in [-0.39, 0.29) is 11.9 Å². The molecule has 1 unspecified atom stereocenters. The molecule has 0 saturated carbocycles. The Balaban J connectivity index is 1.53. The molecule has 1 amide bonds. The van der Waals surface area contributed by atoms with Gasteiger partial charge in [-0.25, -0.2) is 9.97 Å². The maximum atomic E-state index is 12.2. The fourth-order valence-electron chi connectivity index (χ4n) is 2.34. The third kappa shape index (κ3) is 4.74. The van der Waals surface area contributed by atoms with Gasteiger partial charge >= 0.3 is 0 Å². The molecule has 3 heterocycles. The summed E-state index contributed by atoms with van der Waals surface area (Å²) in [5.74, 6) is 0.0712. The number of nitrogens with zero attached hydrogens (tertiary/aromatic N) is 3. The summed E-state index contributed by atoms with van der Waals surface area (Å²) in [5.41, 5.74) is 0. The first kappa shape index (κ1) is 15.9. The first-order chi connectivity index (χ1) is 11.3. The van der Waals surface area contributed by atoms with E-state index in [0.29, 0.717) is 6.42 Å². The molecule has 0 fully saturated rings. The van der Waals surface area contributed by atoms with Gasteiger partial charge < -0.3 is 9.88 Å². The summed E-state index contributed by atoms with van der Waals surface area (Å²) in [6, 6.07) is 4.08. The normalized spacial score (nSPS) is 12.2. The molecular weight excluding hydrogens is 328 g/mol. The number of carbonyl (C=O) groups excluding carboxylic acids is 1. The van der Waals surface area contributed by atoms with Crippen molar-refractivity contribution in [1.29, 1.82) is 0 Å². The van der Waals surface area contributed by atoms with Crippen LogP contribution in [0.3, 0.4) is 0 Å². The highest BCUT2D eigenvalue weighted by Crippen LogP contribution is 2.23. The van der Waals surface area contributed by atoms with Crippen LogP contribution in [0, 0.1) is 0 Å². The van der Waals surface area contributed by atoms with Crippen molar-refractivity contribution in [3.8, 4) is 0 Å². The monoisotopic (exact) mass is 346 g/mol. The maximum Gasteiger partial charge on any atom is 0.220 e. The molecule has 1 atom stereocenters. The summed E-state index contributed by atoms with van der Waals surface area (Å²) >= 11 is 3.29. The lowest BCUT2D eigenvalue weighted by Crippen LogP contribution is -2.29. The summed E-state index contributed by atoms with van der Waals surface area (Å²) in [4.78, 5) is 21.9. The average Bonchev–Trinajstić information content (AvgIpc) is 3.30. The summed E-state index contributed by atoms with van der Waals surface area (Å²) in [5, 5.41) is 8.09. The largest absolute Gasteiger partial charge is 0.346 e. The Morgan fingerprint density at radius 3 is 2.96 bits per heavy atom. The molecule has 1 N–H and O–H groups in total. The molecule has 0 radical (unpaired) electrons. The summed E-state index contributed by atoms with van der Waals surface area (Å²) < 4.78 is 1.98. The van der Waals surface area contributed by atoms with Gasteiger partial charge in [-0.1, -0.05) is 6.07 Å². The molecule has 0 bridgehead atoms. The Bertz CT molecular complexity index is 693. The van der Waals surface area contributed by atoms with Crippen molar-refractivity contribution in [3.05, 3.63) is 57.7 Å². The van der Waals surface area contributed by atoms with Crippen molar-refractivity contribution in [3.63, 3.8) is 0 Å². The summed E-state index contributed by atoms with van der Waals surface area (Å²) in [6.45, 7) is 0.806. The van der Waals surface area contributed by atoms with Gasteiger partial charge in [0.15, 0.2) is 0 Å². The minimum atomic E-state index is -0.0469. The molecule has 3 aromatic heterocycles. The molecular formula is C16H18N4OS2. The topological polar surface area (TPSA) is 59.8 Å². The molecule has 3 rings (SSSR count). The molecule has 120 valence electrons. The average molecular weight is 346 g/mol. The van der Waals surface area contributed by atoms with Gasteiger partial charge in [-0.15, -0.1) is 22.7 Å². The zero-order valence-corrected chi connectivity index (χ0v) is 14.2. The SMILES string of the molecule is O=C(CCCn1ccnc1)NC(Cc1cccs1)c1nccs1. The Morgan fingerprint density at radius 1 is 1.30 bits per heavy atom. The number of nitrogens with one attached hydrogen (secondary N) is 1. The number of aryl methyl sites for hydroxylation is 1. The minimum Gasteiger partial charge on any atom is -0.346 e. The Labute approximate surface area is 143 Å². The van der Waals surface area contributed by atoms with E-state index in [9.17, 15) is 4.79 Å². The van der Waals surface area contributed by atoms with Crippen LogP contribution < -0.4 is 5.32 Å². The Morgan fingerprint density at radius 2 is 2.26 bits per heavy atom. The van der Waals surface area contributed by atoms with Gasteiger partial charge in [0.25, 0.3) is 0 Å². The van der Waals surface area contributed by atoms with E-state index < -0.39 is 0 Å². The van der Waals surface area contributed by atoms with Crippen molar-refractivity contribution in [2.45, 2.75) is 31.8 Å². The fourth-order valence-corrected chi connectivity index (χ4v) is 3.79. The van der Waals surface area contributed by atoms with Gasteiger partial charge in [-0.2, -0.15) is 0 Å². The molecule has 5 nitrogen and oxygen atoms in total. The predicted octanol–water partition coefficient (Wildman–Crippen LogP) is 3.28. The highest BCUT2D eigenvalue weighted by Gasteiger charge is 2.18. The van der Waals surface area contributed by atoms with E-state index >= 15 is 0 Å². The second-order valence-corrected chi connectivity index (χ2v) is 7.14. The maximum absolute atomic E-state index is 12.2. The number of hydrogen-bond acceptors (Lipinski definition) is 5. The predicted molar refractivity (Wildman–Crippen MR) is 92.5 cm³/mol. The Hall–Kier alpha value is -1.99. The van der Waals surface area contributed by atoms with E-state index in [4.69, 9.17) is 0 Å². The number of rotatable bonds is 8. The molecule has 7 heteroatoms. The van der Waals surface area contributed by atoms with Crippen LogP contribution in [0.2, 0.25) is 0 Å². The van der Waals surface area contributed by atoms with E-state index in [1.165, 1.54) is 4.88 Å². The van der Waals surface area contributed by atoms with Crippen LogP contribution in [-0.4, -0.2) is 20.4 Å². The molecule has 0 saturated heterocycles. The van der Waals surface area contributed by atoms with E-state index in [1.54, 1.807) is 41.4 Å². The van der Waals surface area contributed by atoms with Gasteiger partial charge in [0, 0.05) is 48.2 Å². The molecule has 0 spiro atoms. The van der Waals surface area contributed by atoms with Gasteiger partial charge in [-0.3, -0.25) is 4.79 Å². The Kier molecular flexibility index (Phi) is 5.55. The van der Waals surface area contributed by atoms with Gasteiger partial charge in [0.2, 0.25) is 5.91 Å². The minimum absolute atomic E-state index is 0.0469. The molecule has 0 aliphatic carbocycles. The number of thiophene rings is 1. The van der Waals surface area contributed by atoms with Gasteiger partial charge in [-0.05, 0) is 17.9 Å². The molecule has 23 heavy (non-hydrogen) atoms. The molecule has 0 aliphatic rings. The van der Waals surface area contributed by atoms with Crippen molar-refractivity contribution in [2.24, 2.45) is 0 Å². The van der Waals surface area contributed by atoms with Crippen molar-refractivity contribution in [2.75, 3.05) is 0 Å². The van der Waals surface area contributed by atoms with E-state index in [1.807, 2.05) is 22.2 Å². The summed E-state index contributed by atoms with van der Waals surface area (Å²) in [6.07, 6.45) is 9.31. The first-order valence-corrected chi connectivity index (χ1v) is 9.24. The number of hydrogen-bond donors (Lipinski definition) is 1. The standard InChI is InChI=1S/C16H18N4OS2/c21-15(4-1-7-20-8-5-17-12-20)19-14(16-18-6-10-23-16)11-13-3-2-9-22-13/h2-3,5-6,8-10,12,14H,1,4,7,11H2,(H,19,21). The number of aromatic nitrogens is 3. The second-order valence-electron chi connectivity index (χ2n) is 5.18. The lowest BCUT2D eigenvalue weighted by atomic mass is 10.1. The third-order valence-electron chi connectivity index (χ3n) is 3.45. The molecule has 0 aromatic carbocycles. The van der Waals surface area contributed by atoms with Crippen LogP contribution in [0.4, 0.5) is 0 Å². The fraction of sp³-hybridized carbons (Fsp3) is 0.312. The lowest BCUT2D eigenvalue weighted by Gasteiger charge is -2.16. The number of imidazole rings is 1. The highest BCUT2D eigenvalue weighted by atomic mass is 32.1. The van der Waals surface area contributed by atoms with Crippen molar-refractivity contribution in [1.82, 2.24) is 19.9 Å². The highest BCUT2D eigenvalue weighted by molar-refractivity contribution is 7.10. The zero-order valence-electron chi connectivity index (χ0n) is 12.6. The van der Waals surface area contributed by atoms with Crippen LogP contribution >= 0.6 is 22.7 Å². The number of amides is 1. The lowest BCUT2D eigenvalue weighted by molar-refractivity contribution is -0.122. The van der Waals surface area contributed by atoms with Crippen LogP contribution in [0.5, 0.6) is 0 Å². The zero-order chi connectivity index (χ0) is 15.9. The van der Waals surface area contributed by atoms with Gasteiger partial charge in [0.05, 0.1) is 12.4 Å². The molecule has 0 aliphatic heterocycles. The van der Waals surface area contributed by atoms with Crippen LogP contribution in [0.1, 0.15) is 28.8 Å². The number of carbonyl (C=O) groups is 1. The second kappa shape index (κ2) is 8.03. The summed E-state index contributed by atoms with van der Waals surface area (Å²) in [7, 11) is 0. The third-order valence-corrected chi connectivity index (χ3v) is 5.24. The van der Waals surface area contributed by atoms with E-state index in [0.717, 1.165) is 24.4 Å². The first-order valence-electron chi connectivity index (χ1n) is 7.48. The van der Waals surface area contributed by atoms with Gasteiger partial charge in [0.1, 0.15) is 5.01 Å². The number of thiazole rings is 1. The quantitative estimate of drug-likeness (QED) is 0.681. The van der Waals surface area contributed by atoms with Crippen molar-refractivity contribution < 1.29 is 4.79 Å². The van der Waals surface area contributed by atoms with E-state index in [2.05, 4.69) is 26.7 Å². The van der Waals surface area contributed by atoms with Crippen molar-refractivity contribution >= 4 is 28.6 Å². The molecule has 3 aromatic rings. The van der Waals surface area contributed by atoms with Crippen LogP contribution in [0.25, 0.3) is 0 Å². The van der Waals surface area contributed by atoms with Crippen LogP contribution in [-0.2, 0) is 17.8 Å².